The second-order valence-electron chi connectivity index (χ2n) is 5.42. The summed E-state index contributed by atoms with van der Waals surface area (Å²) in [4.78, 5) is 12.0. The zero-order chi connectivity index (χ0) is 10.4. The summed E-state index contributed by atoms with van der Waals surface area (Å²) in [7, 11) is 0. The molecule has 1 aliphatic carbocycles. The molecule has 3 nitrogen and oxygen atoms in total. The van der Waals surface area contributed by atoms with Gasteiger partial charge in [-0.15, -0.1) is 0 Å². The van der Waals surface area contributed by atoms with E-state index in [4.69, 9.17) is 4.74 Å². The van der Waals surface area contributed by atoms with E-state index in [1.807, 2.05) is 20.8 Å². The minimum absolute atomic E-state index is 0.0428. The van der Waals surface area contributed by atoms with Crippen molar-refractivity contribution in [1.82, 2.24) is 5.32 Å². The second kappa shape index (κ2) is 2.96. The van der Waals surface area contributed by atoms with Gasteiger partial charge in [-0.2, -0.15) is 0 Å². The Hall–Kier alpha value is -0.570. The molecule has 2 fully saturated rings. The van der Waals surface area contributed by atoms with Gasteiger partial charge in [-0.25, -0.2) is 0 Å². The van der Waals surface area contributed by atoms with Gasteiger partial charge in [0, 0.05) is 0 Å². The Bertz CT molecular complexity index is 257. The first-order chi connectivity index (χ1) is 6.44. The van der Waals surface area contributed by atoms with Gasteiger partial charge in [0.05, 0.1) is 0 Å². The van der Waals surface area contributed by atoms with Crippen molar-refractivity contribution in [2.45, 2.75) is 51.2 Å². The fourth-order valence-electron chi connectivity index (χ4n) is 2.44. The fraction of sp³-hybridized carbons (Fsp3) is 0.909. The predicted octanol–water partition coefficient (Wildman–Crippen LogP) is 1.47. The van der Waals surface area contributed by atoms with Crippen LogP contribution in [-0.2, 0) is 9.53 Å². The van der Waals surface area contributed by atoms with E-state index in [2.05, 4.69) is 5.32 Å². The minimum Gasteiger partial charge on any atom is -0.459 e. The maximum atomic E-state index is 12.0. The highest BCUT2D eigenvalue weighted by atomic mass is 16.6. The Kier molecular flexibility index (Phi) is 2.11. The van der Waals surface area contributed by atoms with E-state index in [-0.39, 0.29) is 17.1 Å². The molecule has 0 aromatic heterocycles. The lowest BCUT2D eigenvalue weighted by molar-refractivity contribution is -0.169. The van der Waals surface area contributed by atoms with Gasteiger partial charge in [0.25, 0.3) is 0 Å². The average Bonchev–Trinajstić information content (AvgIpc) is 2.24. The van der Waals surface area contributed by atoms with Crippen molar-refractivity contribution >= 4 is 5.97 Å². The molecule has 0 spiro atoms. The van der Waals surface area contributed by atoms with Crippen molar-refractivity contribution in [2.24, 2.45) is 5.92 Å². The summed E-state index contributed by atoms with van der Waals surface area (Å²) in [5, 5.41) is 3.32. The highest BCUT2D eigenvalue weighted by Gasteiger charge is 2.56. The van der Waals surface area contributed by atoms with Gasteiger partial charge in [-0.1, -0.05) is 0 Å². The van der Waals surface area contributed by atoms with Crippen molar-refractivity contribution in [3.63, 3.8) is 0 Å². The summed E-state index contributed by atoms with van der Waals surface area (Å²) in [6, 6.07) is 0. The van der Waals surface area contributed by atoms with Gasteiger partial charge < -0.3 is 10.1 Å². The summed E-state index contributed by atoms with van der Waals surface area (Å²) >= 11 is 0. The third-order valence-corrected chi connectivity index (χ3v) is 3.28. The summed E-state index contributed by atoms with van der Waals surface area (Å²) in [5.74, 6) is 0.483. The van der Waals surface area contributed by atoms with Crippen LogP contribution in [0.1, 0.15) is 40.0 Å². The van der Waals surface area contributed by atoms with Crippen molar-refractivity contribution in [3.8, 4) is 0 Å². The van der Waals surface area contributed by atoms with Crippen LogP contribution < -0.4 is 5.32 Å². The molecule has 1 N–H and O–H groups in total. The molecule has 2 aliphatic rings. The molecule has 0 unspecified atom stereocenters. The summed E-state index contributed by atoms with van der Waals surface area (Å²) in [5.41, 5.74) is -0.677. The lowest BCUT2D eigenvalue weighted by Crippen LogP contribution is -2.60. The van der Waals surface area contributed by atoms with Crippen LogP contribution in [0.5, 0.6) is 0 Å². The molecule has 1 aliphatic heterocycles. The Labute approximate surface area is 85.2 Å². The van der Waals surface area contributed by atoms with Crippen molar-refractivity contribution in [1.29, 1.82) is 0 Å². The number of rotatable bonds is 1. The molecule has 2 atom stereocenters. The van der Waals surface area contributed by atoms with Crippen LogP contribution in [0.3, 0.4) is 0 Å². The molecule has 1 saturated heterocycles. The number of esters is 1. The lowest BCUT2D eigenvalue weighted by atomic mass is 9.68. The molecule has 3 heteroatoms. The fourth-order valence-corrected chi connectivity index (χ4v) is 2.44. The SMILES string of the molecule is CC(C)(C)OC(=O)[C@]12CC[C@H]1CCN2. The van der Waals surface area contributed by atoms with Gasteiger partial charge in [0.1, 0.15) is 11.1 Å². The minimum atomic E-state index is -0.365. The first-order valence-corrected chi connectivity index (χ1v) is 5.42. The van der Waals surface area contributed by atoms with Crippen LogP contribution in [0.15, 0.2) is 0 Å². The number of carbonyl (C=O) groups excluding carboxylic acids is 1. The molecule has 1 saturated carbocycles. The van der Waals surface area contributed by atoms with Gasteiger partial charge in [0.2, 0.25) is 0 Å². The molecule has 0 radical (unpaired) electrons. The molecule has 0 amide bonds. The predicted molar refractivity (Wildman–Crippen MR) is 53.9 cm³/mol. The summed E-state index contributed by atoms with van der Waals surface area (Å²) < 4.78 is 5.44. The molecule has 80 valence electrons. The lowest BCUT2D eigenvalue weighted by Gasteiger charge is -2.43. The van der Waals surface area contributed by atoms with Crippen LogP contribution in [0, 0.1) is 5.92 Å². The molecular weight excluding hydrogens is 178 g/mol. The van der Waals surface area contributed by atoms with Gasteiger partial charge in [-0.3, -0.25) is 4.79 Å². The highest BCUT2D eigenvalue weighted by molar-refractivity contribution is 5.83. The zero-order valence-electron chi connectivity index (χ0n) is 9.22. The Balaban J connectivity index is 2.04. The van der Waals surface area contributed by atoms with E-state index in [1.165, 1.54) is 6.42 Å². The first kappa shape index (κ1) is 9.97. The largest absolute Gasteiger partial charge is 0.459 e. The Morgan fingerprint density at radius 1 is 1.43 bits per heavy atom. The molecule has 0 bridgehead atoms. The number of fused-ring (bicyclic) bond motifs is 1. The number of ether oxygens (including phenoxy) is 1. The molecule has 1 heterocycles. The van der Waals surface area contributed by atoms with Crippen LogP contribution in [0.2, 0.25) is 0 Å². The maximum absolute atomic E-state index is 12.0. The third-order valence-electron chi connectivity index (χ3n) is 3.28. The normalized spacial score (nSPS) is 36.1. The second-order valence-corrected chi connectivity index (χ2v) is 5.42. The molecule has 0 aromatic rings. The molecular formula is C11H19NO2. The van der Waals surface area contributed by atoms with Gasteiger partial charge in [0.15, 0.2) is 0 Å². The smallest absolute Gasteiger partial charge is 0.327 e. The molecule has 14 heavy (non-hydrogen) atoms. The van der Waals surface area contributed by atoms with E-state index in [0.717, 1.165) is 19.4 Å². The standard InChI is InChI=1S/C11H19NO2/c1-10(2,3)14-9(13)11-6-4-8(11)5-7-12-11/h8,12H,4-7H2,1-3H3/t8-,11-/m0/s1. The van der Waals surface area contributed by atoms with Gasteiger partial charge in [-0.05, 0) is 52.5 Å². The highest BCUT2D eigenvalue weighted by Crippen LogP contribution is 2.45. The summed E-state index contributed by atoms with van der Waals surface area (Å²) in [6.07, 6.45) is 3.25. The Morgan fingerprint density at radius 2 is 2.14 bits per heavy atom. The number of hydrogen-bond donors (Lipinski definition) is 1. The van der Waals surface area contributed by atoms with E-state index >= 15 is 0 Å². The molecule has 2 rings (SSSR count). The van der Waals surface area contributed by atoms with Crippen molar-refractivity contribution in [2.75, 3.05) is 6.54 Å². The van der Waals surface area contributed by atoms with Crippen LogP contribution in [0.4, 0.5) is 0 Å². The van der Waals surface area contributed by atoms with E-state index < -0.39 is 0 Å². The van der Waals surface area contributed by atoms with E-state index in [1.54, 1.807) is 0 Å². The Morgan fingerprint density at radius 3 is 2.57 bits per heavy atom. The van der Waals surface area contributed by atoms with Crippen molar-refractivity contribution < 1.29 is 9.53 Å². The van der Waals surface area contributed by atoms with Gasteiger partial charge >= 0.3 is 5.97 Å². The number of carbonyl (C=O) groups is 1. The topological polar surface area (TPSA) is 38.3 Å². The first-order valence-electron chi connectivity index (χ1n) is 5.42. The summed E-state index contributed by atoms with van der Waals surface area (Å²) in [6.45, 7) is 6.72. The van der Waals surface area contributed by atoms with Crippen LogP contribution in [0.25, 0.3) is 0 Å². The third kappa shape index (κ3) is 1.44. The van der Waals surface area contributed by atoms with Crippen LogP contribution >= 0.6 is 0 Å². The van der Waals surface area contributed by atoms with E-state index in [0.29, 0.717) is 5.92 Å². The van der Waals surface area contributed by atoms with Crippen LogP contribution in [-0.4, -0.2) is 23.7 Å². The maximum Gasteiger partial charge on any atom is 0.327 e. The number of nitrogens with one attached hydrogen (secondary N) is 1. The van der Waals surface area contributed by atoms with Crippen molar-refractivity contribution in [3.05, 3.63) is 0 Å². The average molecular weight is 197 g/mol. The van der Waals surface area contributed by atoms with E-state index in [9.17, 15) is 4.79 Å². The number of hydrogen-bond acceptors (Lipinski definition) is 3. The quantitative estimate of drug-likeness (QED) is 0.647. The molecule has 0 aromatic carbocycles. The zero-order valence-corrected chi connectivity index (χ0v) is 9.22. The monoisotopic (exact) mass is 197 g/mol.